The van der Waals surface area contributed by atoms with Crippen molar-refractivity contribution < 1.29 is 9.47 Å². The van der Waals surface area contributed by atoms with E-state index in [2.05, 4.69) is 18.8 Å². The Morgan fingerprint density at radius 3 is 3.07 bits per heavy atom. The van der Waals surface area contributed by atoms with Gasteiger partial charge in [-0.15, -0.1) is 6.58 Å². The molecule has 80 valence electrons. The third-order valence-electron chi connectivity index (χ3n) is 2.47. The molecule has 0 aromatic heterocycles. The van der Waals surface area contributed by atoms with Gasteiger partial charge in [-0.25, -0.2) is 0 Å². The van der Waals surface area contributed by atoms with Gasteiger partial charge in [0.1, 0.15) is 0 Å². The molecule has 0 bridgehead atoms. The smallest absolute Gasteiger partial charge is 0.231 e. The normalized spacial score (nSPS) is 15.0. The third kappa shape index (κ3) is 2.13. The van der Waals surface area contributed by atoms with Crippen LogP contribution in [0.2, 0.25) is 0 Å². The van der Waals surface area contributed by atoms with E-state index < -0.39 is 0 Å². The van der Waals surface area contributed by atoms with E-state index in [0.29, 0.717) is 6.79 Å². The molecule has 2 rings (SSSR count). The summed E-state index contributed by atoms with van der Waals surface area (Å²) in [7, 11) is 0. The fourth-order valence-corrected chi connectivity index (χ4v) is 1.56. The summed E-state index contributed by atoms with van der Waals surface area (Å²) < 4.78 is 10.6. The average molecular weight is 205 g/mol. The minimum absolute atomic E-state index is 0.289. The molecule has 15 heavy (non-hydrogen) atoms. The van der Waals surface area contributed by atoms with Crippen LogP contribution in [0.5, 0.6) is 11.5 Å². The fraction of sp³-hybridized carbons (Fsp3) is 0.333. The lowest BCUT2D eigenvalue weighted by molar-refractivity contribution is 0.174. The van der Waals surface area contributed by atoms with Gasteiger partial charge in [0.2, 0.25) is 6.79 Å². The zero-order chi connectivity index (χ0) is 10.7. The summed E-state index contributed by atoms with van der Waals surface area (Å²) in [5.41, 5.74) is 1.20. The van der Waals surface area contributed by atoms with Crippen molar-refractivity contribution in [2.24, 2.45) is 0 Å². The van der Waals surface area contributed by atoms with E-state index in [9.17, 15) is 0 Å². The minimum atomic E-state index is 0.289. The Morgan fingerprint density at radius 1 is 1.47 bits per heavy atom. The van der Waals surface area contributed by atoms with E-state index in [1.54, 1.807) is 0 Å². The van der Waals surface area contributed by atoms with Crippen molar-refractivity contribution in [3.63, 3.8) is 0 Å². The largest absolute Gasteiger partial charge is 0.454 e. The second-order valence-electron chi connectivity index (χ2n) is 3.53. The zero-order valence-electron chi connectivity index (χ0n) is 8.82. The lowest BCUT2D eigenvalue weighted by Crippen LogP contribution is -2.18. The molecule has 3 heteroatoms. The summed E-state index contributed by atoms with van der Waals surface area (Å²) >= 11 is 0. The van der Waals surface area contributed by atoms with Gasteiger partial charge in [0.05, 0.1) is 0 Å². The Bertz CT molecular complexity index is 363. The van der Waals surface area contributed by atoms with Crippen LogP contribution in [0, 0.1) is 0 Å². The van der Waals surface area contributed by atoms with Gasteiger partial charge in [-0.2, -0.15) is 0 Å². The van der Waals surface area contributed by atoms with E-state index >= 15 is 0 Å². The number of benzene rings is 1. The quantitative estimate of drug-likeness (QED) is 0.765. The summed E-state index contributed by atoms with van der Waals surface area (Å²) in [6.07, 6.45) is 1.85. The summed E-state index contributed by atoms with van der Waals surface area (Å²) in [5, 5.41) is 3.33. The first-order valence-corrected chi connectivity index (χ1v) is 5.05. The molecule has 3 nitrogen and oxygen atoms in total. The highest BCUT2D eigenvalue weighted by Gasteiger charge is 2.14. The predicted octanol–water partition coefficient (Wildman–Crippen LogP) is 2.25. The molecule has 0 radical (unpaired) electrons. The first kappa shape index (κ1) is 10.1. The molecule has 1 aromatic rings. The van der Waals surface area contributed by atoms with E-state index in [1.165, 1.54) is 5.56 Å². The van der Waals surface area contributed by atoms with Crippen molar-refractivity contribution >= 4 is 0 Å². The van der Waals surface area contributed by atoms with Crippen LogP contribution < -0.4 is 14.8 Å². The second-order valence-corrected chi connectivity index (χ2v) is 3.53. The maximum Gasteiger partial charge on any atom is 0.231 e. The lowest BCUT2D eigenvalue weighted by atomic mass is 10.1. The molecular formula is C12H15NO2. The SMILES string of the molecule is C=CCNC(C)c1ccc2c(c1)OCO2. The van der Waals surface area contributed by atoms with Gasteiger partial charge in [-0.1, -0.05) is 12.1 Å². The topological polar surface area (TPSA) is 30.5 Å². The number of hydrogen-bond acceptors (Lipinski definition) is 3. The van der Waals surface area contributed by atoms with Crippen LogP contribution in [0.1, 0.15) is 18.5 Å². The van der Waals surface area contributed by atoms with Crippen LogP contribution in [0.3, 0.4) is 0 Å². The molecule has 0 saturated carbocycles. The average Bonchev–Trinajstić information content (AvgIpc) is 2.72. The Hall–Kier alpha value is -1.48. The van der Waals surface area contributed by atoms with E-state index in [-0.39, 0.29) is 6.04 Å². The molecule has 0 spiro atoms. The van der Waals surface area contributed by atoms with Crippen LogP contribution in [-0.2, 0) is 0 Å². The highest BCUT2D eigenvalue weighted by molar-refractivity contribution is 5.45. The molecule has 1 aliphatic heterocycles. The highest BCUT2D eigenvalue weighted by atomic mass is 16.7. The summed E-state index contributed by atoms with van der Waals surface area (Å²) in [6, 6.07) is 6.30. The molecule has 1 aromatic carbocycles. The maximum atomic E-state index is 5.32. The van der Waals surface area contributed by atoms with Crippen LogP contribution in [0.15, 0.2) is 30.9 Å². The number of hydrogen-bond donors (Lipinski definition) is 1. The number of rotatable bonds is 4. The Labute approximate surface area is 89.7 Å². The monoisotopic (exact) mass is 205 g/mol. The van der Waals surface area contributed by atoms with Gasteiger partial charge in [-0.3, -0.25) is 0 Å². The molecule has 1 N–H and O–H groups in total. The van der Waals surface area contributed by atoms with Gasteiger partial charge < -0.3 is 14.8 Å². The second kappa shape index (κ2) is 4.36. The maximum absolute atomic E-state index is 5.32. The van der Waals surface area contributed by atoms with Crippen LogP contribution in [-0.4, -0.2) is 13.3 Å². The zero-order valence-corrected chi connectivity index (χ0v) is 8.82. The van der Waals surface area contributed by atoms with Crippen LogP contribution in [0.25, 0.3) is 0 Å². The molecule has 0 fully saturated rings. The Kier molecular flexibility index (Phi) is 2.92. The fourth-order valence-electron chi connectivity index (χ4n) is 1.56. The Morgan fingerprint density at radius 2 is 2.27 bits per heavy atom. The molecule has 1 aliphatic rings. The highest BCUT2D eigenvalue weighted by Crippen LogP contribution is 2.33. The van der Waals surface area contributed by atoms with Crippen molar-refractivity contribution in [3.05, 3.63) is 36.4 Å². The predicted molar refractivity (Wildman–Crippen MR) is 59.2 cm³/mol. The van der Waals surface area contributed by atoms with E-state index in [0.717, 1.165) is 18.0 Å². The van der Waals surface area contributed by atoms with Crippen molar-refractivity contribution in [1.82, 2.24) is 5.32 Å². The molecule has 0 amide bonds. The number of ether oxygens (including phenoxy) is 2. The first-order chi connectivity index (χ1) is 7.31. The minimum Gasteiger partial charge on any atom is -0.454 e. The van der Waals surface area contributed by atoms with Crippen molar-refractivity contribution in [2.45, 2.75) is 13.0 Å². The van der Waals surface area contributed by atoms with Gasteiger partial charge in [-0.05, 0) is 24.6 Å². The van der Waals surface area contributed by atoms with Crippen molar-refractivity contribution in [1.29, 1.82) is 0 Å². The van der Waals surface area contributed by atoms with Gasteiger partial charge in [0, 0.05) is 12.6 Å². The van der Waals surface area contributed by atoms with E-state index in [4.69, 9.17) is 9.47 Å². The molecule has 1 atom stereocenters. The van der Waals surface area contributed by atoms with Crippen LogP contribution >= 0.6 is 0 Å². The molecular weight excluding hydrogens is 190 g/mol. The molecule has 0 aliphatic carbocycles. The number of nitrogens with one attached hydrogen (secondary N) is 1. The summed E-state index contributed by atoms with van der Waals surface area (Å²) in [5.74, 6) is 1.66. The number of fused-ring (bicyclic) bond motifs is 1. The lowest BCUT2D eigenvalue weighted by Gasteiger charge is -2.13. The molecule has 1 heterocycles. The molecule has 1 unspecified atom stereocenters. The standard InChI is InChI=1S/C12H15NO2/c1-3-6-13-9(2)10-4-5-11-12(7-10)15-8-14-11/h3-5,7,9,13H,1,6,8H2,2H3. The van der Waals surface area contributed by atoms with Crippen molar-refractivity contribution in [2.75, 3.05) is 13.3 Å². The van der Waals surface area contributed by atoms with Crippen LogP contribution in [0.4, 0.5) is 0 Å². The third-order valence-corrected chi connectivity index (χ3v) is 2.47. The van der Waals surface area contributed by atoms with Gasteiger partial charge >= 0.3 is 0 Å². The van der Waals surface area contributed by atoms with Crippen molar-refractivity contribution in [3.8, 4) is 11.5 Å². The first-order valence-electron chi connectivity index (χ1n) is 5.05. The molecule has 0 saturated heterocycles. The summed E-state index contributed by atoms with van der Waals surface area (Å²) in [4.78, 5) is 0. The van der Waals surface area contributed by atoms with Gasteiger partial charge in [0.25, 0.3) is 0 Å². The van der Waals surface area contributed by atoms with E-state index in [1.807, 2.05) is 24.3 Å². The van der Waals surface area contributed by atoms with Gasteiger partial charge in [0.15, 0.2) is 11.5 Å². The summed E-state index contributed by atoms with van der Waals surface area (Å²) in [6.45, 7) is 6.92. The Balaban J connectivity index is 2.11.